The minimum Gasteiger partial charge on any atom is -0.370 e. The number of nitrogens with zero attached hydrogens (tertiary/aromatic N) is 2. The van der Waals surface area contributed by atoms with E-state index in [4.69, 9.17) is 5.73 Å². The van der Waals surface area contributed by atoms with Gasteiger partial charge in [0.15, 0.2) is 5.96 Å². The van der Waals surface area contributed by atoms with Gasteiger partial charge in [-0.2, -0.15) is 0 Å². The van der Waals surface area contributed by atoms with Crippen molar-refractivity contribution in [3.8, 4) is 0 Å². The number of hydrogen-bond acceptors (Lipinski definition) is 3. The van der Waals surface area contributed by atoms with E-state index in [1.165, 1.54) is 0 Å². The molecule has 13 heavy (non-hydrogen) atoms. The maximum Gasteiger partial charge on any atom is 0.188 e. The molecule has 0 radical (unpaired) electrons. The Morgan fingerprint density at radius 3 is 3.08 bits per heavy atom. The number of rotatable bonds is 3. The Balaban J connectivity index is 2.28. The molecular weight excluding hydrogens is 184 g/mol. The molecule has 0 aliphatic rings. The average Bonchev–Trinajstić information content (AvgIpc) is 2.51. The lowest BCUT2D eigenvalue weighted by molar-refractivity contribution is 0.847. The molecule has 1 rings (SSSR count). The SMILES string of the molecule is CN=C(N)NCCc1nc(C)cs1. The molecule has 0 fully saturated rings. The first-order valence-electron chi connectivity index (χ1n) is 4.09. The van der Waals surface area contributed by atoms with Gasteiger partial charge in [-0.1, -0.05) is 0 Å². The fraction of sp³-hybridized carbons (Fsp3) is 0.500. The maximum atomic E-state index is 5.46. The first-order valence-corrected chi connectivity index (χ1v) is 4.97. The predicted molar refractivity (Wildman–Crippen MR) is 56.1 cm³/mol. The second kappa shape index (κ2) is 4.81. The van der Waals surface area contributed by atoms with Crippen LogP contribution in [0.4, 0.5) is 0 Å². The Kier molecular flexibility index (Phi) is 3.70. The number of aromatic nitrogens is 1. The zero-order chi connectivity index (χ0) is 9.68. The molecule has 0 saturated heterocycles. The summed E-state index contributed by atoms with van der Waals surface area (Å²) in [6.07, 6.45) is 0.898. The Hall–Kier alpha value is -1.10. The van der Waals surface area contributed by atoms with Crippen LogP contribution in [0.25, 0.3) is 0 Å². The molecular formula is C8H14N4S. The quantitative estimate of drug-likeness (QED) is 0.550. The van der Waals surface area contributed by atoms with Gasteiger partial charge in [-0.05, 0) is 6.92 Å². The molecule has 0 aliphatic carbocycles. The van der Waals surface area contributed by atoms with Crippen molar-refractivity contribution >= 4 is 17.3 Å². The summed E-state index contributed by atoms with van der Waals surface area (Å²) < 4.78 is 0. The van der Waals surface area contributed by atoms with Crippen LogP contribution in [0.2, 0.25) is 0 Å². The van der Waals surface area contributed by atoms with E-state index in [0.29, 0.717) is 5.96 Å². The average molecular weight is 198 g/mol. The van der Waals surface area contributed by atoms with Crippen LogP contribution < -0.4 is 11.1 Å². The first kappa shape index (κ1) is 9.98. The van der Waals surface area contributed by atoms with Crippen LogP contribution in [0.1, 0.15) is 10.7 Å². The zero-order valence-electron chi connectivity index (χ0n) is 7.87. The third-order valence-electron chi connectivity index (χ3n) is 1.55. The van der Waals surface area contributed by atoms with Gasteiger partial charge in [-0.3, -0.25) is 4.99 Å². The zero-order valence-corrected chi connectivity index (χ0v) is 8.69. The van der Waals surface area contributed by atoms with Crippen LogP contribution in [0.3, 0.4) is 0 Å². The van der Waals surface area contributed by atoms with Crippen LogP contribution in [-0.2, 0) is 6.42 Å². The van der Waals surface area contributed by atoms with Gasteiger partial charge in [0.05, 0.1) is 5.01 Å². The molecule has 72 valence electrons. The largest absolute Gasteiger partial charge is 0.370 e. The molecule has 0 amide bonds. The second-order valence-corrected chi connectivity index (χ2v) is 3.61. The molecule has 0 aromatic carbocycles. The van der Waals surface area contributed by atoms with Crippen molar-refractivity contribution in [2.45, 2.75) is 13.3 Å². The van der Waals surface area contributed by atoms with Crippen LogP contribution in [0.15, 0.2) is 10.4 Å². The summed E-state index contributed by atoms with van der Waals surface area (Å²) in [5.41, 5.74) is 6.54. The fourth-order valence-corrected chi connectivity index (χ4v) is 1.67. The number of aryl methyl sites for hydroxylation is 1. The van der Waals surface area contributed by atoms with E-state index in [2.05, 4.69) is 15.3 Å². The summed E-state index contributed by atoms with van der Waals surface area (Å²) in [5, 5.41) is 6.17. The summed E-state index contributed by atoms with van der Waals surface area (Å²) in [6, 6.07) is 0. The van der Waals surface area contributed by atoms with Gasteiger partial charge >= 0.3 is 0 Å². The molecule has 1 aromatic heterocycles. The lowest BCUT2D eigenvalue weighted by atomic mass is 10.4. The van der Waals surface area contributed by atoms with E-state index < -0.39 is 0 Å². The van der Waals surface area contributed by atoms with E-state index in [9.17, 15) is 0 Å². The molecule has 0 bridgehead atoms. The van der Waals surface area contributed by atoms with Crippen molar-refractivity contribution in [1.29, 1.82) is 0 Å². The highest BCUT2D eigenvalue weighted by molar-refractivity contribution is 7.09. The Morgan fingerprint density at radius 1 is 1.77 bits per heavy atom. The first-order chi connectivity index (χ1) is 6.22. The highest BCUT2D eigenvalue weighted by Gasteiger charge is 1.97. The van der Waals surface area contributed by atoms with E-state index in [1.807, 2.05) is 12.3 Å². The molecule has 4 nitrogen and oxygen atoms in total. The standard InChI is InChI=1S/C8H14N4S/c1-6-5-13-7(12-6)3-4-11-8(9)10-2/h5H,3-4H2,1-2H3,(H3,9,10,11). The molecule has 3 N–H and O–H groups in total. The smallest absolute Gasteiger partial charge is 0.188 e. The van der Waals surface area contributed by atoms with E-state index >= 15 is 0 Å². The fourth-order valence-electron chi connectivity index (χ4n) is 0.894. The predicted octanol–water partition coefficient (Wildman–Crippen LogP) is 0.528. The molecule has 1 heterocycles. The third-order valence-corrected chi connectivity index (χ3v) is 2.58. The van der Waals surface area contributed by atoms with Gasteiger partial charge < -0.3 is 11.1 Å². The van der Waals surface area contributed by atoms with Crippen molar-refractivity contribution in [3.63, 3.8) is 0 Å². The van der Waals surface area contributed by atoms with Crippen LogP contribution in [0.5, 0.6) is 0 Å². The van der Waals surface area contributed by atoms with Gasteiger partial charge in [0.2, 0.25) is 0 Å². The minimum atomic E-state index is 0.480. The lowest BCUT2D eigenvalue weighted by Gasteiger charge is -2.01. The Labute approximate surface area is 81.9 Å². The van der Waals surface area contributed by atoms with E-state index in [-0.39, 0.29) is 0 Å². The van der Waals surface area contributed by atoms with Gasteiger partial charge in [0.1, 0.15) is 0 Å². The van der Waals surface area contributed by atoms with Crippen molar-refractivity contribution in [2.24, 2.45) is 10.7 Å². The summed E-state index contributed by atoms with van der Waals surface area (Å²) >= 11 is 1.68. The summed E-state index contributed by atoms with van der Waals surface area (Å²) in [6.45, 7) is 2.78. The monoisotopic (exact) mass is 198 g/mol. The maximum absolute atomic E-state index is 5.46. The Morgan fingerprint density at radius 2 is 2.54 bits per heavy atom. The van der Waals surface area contributed by atoms with Crippen molar-refractivity contribution < 1.29 is 0 Å². The van der Waals surface area contributed by atoms with Crippen molar-refractivity contribution in [2.75, 3.05) is 13.6 Å². The summed E-state index contributed by atoms with van der Waals surface area (Å²) in [5.74, 6) is 0.480. The highest BCUT2D eigenvalue weighted by atomic mass is 32.1. The number of thiazole rings is 1. The van der Waals surface area contributed by atoms with Gasteiger partial charge in [0, 0.05) is 31.1 Å². The second-order valence-electron chi connectivity index (χ2n) is 2.67. The third kappa shape index (κ3) is 3.42. The van der Waals surface area contributed by atoms with Gasteiger partial charge in [0.25, 0.3) is 0 Å². The minimum absolute atomic E-state index is 0.480. The highest BCUT2D eigenvalue weighted by Crippen LogP contribution is 2.08. The molecule has 5 heteroatoms. The van der Waals surface area contributed by atoms with Crippen molar-refractivity contribution in [3.05, 3.63) is 16.1 Å². The molecule has 0 saturated carbocycles. The number of nitrogens with two attached hydrogens (primary N) is 1. The lowest BCUT2D eigenvalue weighted by Crippen LogP contribution is -2.32. The van der Waals surface area contributed by atoms with Gasteiger partial charge in [-0.15, -0.1) is 11.3 Å². The van der Waals surface area contributed by atoms with Gasteiger partial charge in [-0.25, -0.2) is 4.98 Å². The van der Waals surface area contributed by atoms with Crippen LogP contribution >= 0.6 is 11.3 Å². The van der Waals surface area contributed by atoms with E-state index in [1.54, 1.807) is 18.4 Å². The number of guanidine groups is 1. The summed E-state index contributed by atoms with van der Waals surface area (Å²) in [7, 11) is 1.66. The number of hydrogen-bond donors (Lipinski definition) is 2. The number of nitrogens with one attached hydrogen (secondary N) is 1. The van der Waals surface area contributed by atoms with Crippen LogP contribution in [-0.4, -0.2) is 24.5 Å². The molecule has 1 aromatic rings. The normalized spacial score (nSPS) is 11.7. The van der Waals surface area contributed by atoms with Crippen molar-refractivity contribution in [1.82, 2.24) is 10.3 Å². The number of aliphatic imine (C=N–C) groups is 1. The molecule has 0 aliphatic heterocycles. The molecule has 0 unspecified atom stereocenters. The Bertz CT molecular complexity index is 292. The topological polar surface area (TPSA) is 63.3 Å². The van der Waals surface area contributed by atoms with E-state index in [0.717, 1.165) is 23.7 Å². The molecule has 0 atom stereocenters. The summed E-state index contributed by atoms with van der Waals surface area (Å²) in [4.78, 5) is 8.12. The van der Waals surface area contributed by atoms with Crippen LogP contribution in [0, 0.1) is 6.92 Å². The molecule has 0 spiro atoms.